The number of hydrogen-bond acceptors (Lipinski definition) is 5. The number of para-hydroxylation sites is 1. The molecule has 1 aromatic rings. The van der Waals surface area contributed by atoms with Gasteiger partial charge in [0, 0.05) is 18.8 Å². The van der Waals surface area contributed by atoms with E-state index in [2.05, 4.69) is 22.1 Å². The van der Waals surface area contributed by atoms with Crippen molar-refractivity contribution in [3.05, 3.63) is 41.3 Å². The van der Waals surface area contributed by atoms with E-state index in [1.807, 2.05) is 30.8 Å². The van der Waals surface area contributed by atoms with Crippen molar-refractivity contribution in [1.29, 1.82) is 0 Å². The van der Waals surface area contributed by atoms with Crippen molar-refractivity contribution in [2.45, 2.75) is 38.7 Å². The molecule has 1 heterocycles. The number of alkyl carbamates (subject to hydrolysis) is 1. The predicted octanol–water partition coefficient (Wildman–Crippen LogP) is 3.98. The monoisotopic (exact) mass is 418 g/mol. The Hall–Kier alpha value is -2.15. The van der Waals surface area contributed by atoms with E-state index in [-0.39, 0.29) is 23.5 Å². The first-order valence-corrected chi connectivity index (χ1v) is 11.3. The van der Waals surface area contributed by atoms with E-state index < -0.39 is 0 Å². The molecule has 1 aliphatic carbocycles. The van der Waals surface area contributed by atoms with Gasteiger partial charge in [-0.15, -0.1) is 11.8 Å². The Balaban J connectivity index is 1.65. The van der Waals surface area contributed by atoms with Gasteiger partial charge in [-0.3, -0.25) is 4.79 Å². The van der Waals surface area contributed by atoms with Crippen LogP contribution in [-0.4, -0.2) is 44.1 Å². The van der Waals surface area contributed by atoms with Gasteiger partial charge in [-0.05, 0) is 61.5 Å². The molecule has 1 aromatic carbocycles. The van der Waals surface area contributed by atoms with Crippen LogP contribution in [0.5, 0.6) is 5.75 Å². The molecule has 1 atom stereocenters. The van der Waals surface area contributed by atoms with Gasteiger partial charge in [0.25, 0.3) is 5.91 Å². The van der Waals surface area contributed by atoms with Crippen LogP contribution in [0, 0.1) is 11.3 Å². The van der Waals surface area contributed by atoms with E-state index in [9.17, 15) is 9.59 Å². The van der Waals surface area contributed by atoms with Crippen LogP contribution in [0.25, 0.3) is 0 Å². The predicted molar refractivity (Wildman–Crippen MR) is 115 cm³/mol. The summed E-state index contributed by atoms with van der Waals surface area (Å²) in [6, 6.07) is 7.27. The summed E-state index contributed by atoms with van der Waals surface area (Å²) < 4.78 is 10.9. The van der Waals surface area contributed by atoms with Gasteiger partial charge < -0.3 is 20.1 Å². The third-order valence-electron chi connectivity index (χ3n) is 5.95. The fourth-order valence-electron chi connectivity index (χ4n) is 4.23. The summed E-state index contributed by atoms with van der Waals surface area (Å²) >= 11 is 1.82. The third-order valence-corrected chi connectivity index (χ3v) is 6.85. The van der Waals surface area contributed by atoms with Gasteiger partial charge in [-0.1, -0.05) is 18.2 Å². The number of ether oxygens (including phenoxy) is 2. The second-order valence-electron chi connectivity index (χ2n) is 7.65. The number of rotatable bonds is 7. The molecule has 0 aromatic heterocycles. The van der Waals surface area contributed by atoms with Crippen LogP contribution < -0.4 is 15.4 Å². The molecule has 2 amide bonds. The minimum Gasteiger partial charge on any atom is -0.496 e. The normalized spacial score (nSPS) is 26.0. The summed E-state index contributed by atoms with van der Waals surface area (Å²) in [5, 5.41) is 8.01. The van der Waals surface area contributed by atoms with Crippen molar-refractivity contribution in [3.63, 3.8) is 0 Å². The molecule has 1 aliphatic heterocycles. The molecule has 7 heteroatoms. The lowest BCUT2D eigenvalue weighted by Gasteiger charge is -2.43. The summed E-state index contributed by atoms with van der Waals surface area (Å²) in [7, 11) is 1.57. The third kappa shape index (κ3) is 5.26. The zero-order valence-corrected chi connectivity index (χ0v) is 17.9. The average molecular weight is 419 g/mol. The standard InChI is InChI=1S/C22H30N2O4S/c1-3-23-21(26)28-17-8-11-22(12-9-17,16-10-13-29-14-16)15-24-20(25)18-6-4-5-7-19(18)27-2/h4-7,10,13,16-17H,3,8-9,11-12,14-15H2,1-2H3,(H,23,26)(H,24,25). The molecule has 3 rings (SSSR count). The van der Waals surface area contributed by atoms with Crippen molar-refractivity contribution in [2.75, 3.05) is 26.0 Å². The number of nitrogens with one attached hydrogen (secondary N) is 2. The molecule has 0 radical (unpaired) electrons. The number of carbonyl (C=O) groups is 2. The number of hydrogen-bond donors (Lipinski definition) is 2. The summed E-state index contributed by atoms with van der Waals surface area (Å²) in [4.78, 5) is 24.6. The molecule has 6 nitrogen and oxygen atoms in total. The van der Waals surface area contributed by atoms with Gasteiger partial charge in [0.2, 0.25) is 0 Å². The lowest BCUT2D eigenvalue weighted by Crippen LogP contribution is -2.46. The zero-order valence-electron chi connectivity index (χ0n) is 17.1. The Morgan fingerprint density at radius 1 is 1.21 bits per heavy atom. The Labute approximate surface area is 176 Å². The fraction of sp³-hybridized carbons (Fsp3) is 0.545. The Bertz CT molecular complexity index is 744. The SMILES string of the molecule is CCNC(=O)OC1CCC(CNC(=O)c2ccccc2OC)(C2C=CSC2)CC1. The van der Waals surface area contributed by atoms with Crippen molar-refractivity contribution < 1.29 is 19.1 Å². The van der Waals surface area contributed by atoms with E-state index in [0.29, 0.717) is 30.3 Å². The van der Waals surface area contributed by atoms with Crippen LogP contribution in [-0.2, 0) is 4.74 Å². The average Bonchev–Trinajstić information content (AvgIpc) is 3.29. The summed E-state index contributed by atoms with van der Waals surface area (Å²) in [6.07, 6.45) is 5.33. The van der Waals surface area contributed by atoms with E-state index in [0.717, 1.165) is 31.4 Å². The number of thioether (sulfide) groups is 1. The highest BCUT2D eigenvalue weighted by molar-refractivity contribution is 8.02. The van der Waals surface area contributed by atoms with Crippen LogP contribution in [0.4, 0.5) is 4.79 Å². The molecule has 0 bridgehead atoms. The van der Waals surface area contributed by atoms with Crippen LogP contribution in [0.2, 0.25) is 0 Å². The zero-order chi connectivity index (χ0) is 20.7. The van der Waals surface area contributed by atoms with E-state index >= 15 is 0 Å². The van der Waals surface area contributed by atoms with Gasteiger partial charge in [0.05, 0.1) is 12.7 Å². The van der Waals surface area contributed by atoms with E-state index in [4.69, 9.17) is 9.47 Å². The number of allylic oxidation sites excluding steroid dienone is 1. The molecule has 29 heavy (non-hydrogen) atoms. The van der Waals surface area contributed by atoms with Gasteiger partial charge >= 0.3 is 6.09 Å². The lowest BCUT2D eigenvalue weighted by atomic mass is 9.65. The summed E-state index contributed by atoms with van der Waals surface area (Å²) in [5.41, 5.74) is 0.536. The second kappa shape index (κ2) is 10.1. The minimum absolute atomic E-state index is 0.0151. The largest absolute Gasteiger partial charge is 0.496 e. The Morgan fingerprint density at radius 2 is 1.97 bits per heavy atom. The molecule has 1 fully saturated rings. The highest BCUT2D eigenvalue weighted by Gasteiger charge is 2.42. The molecule has 0 saturated heterocycles. The van der Waals surface area contributed by atoms with E-state index in [1.54, 1.807) is 19.2 Å². The highest BCUT2D eigenvalue weighted by atomic mass is 32.2. The fourth-order valence-corrected chi connectivity index (χ4v) is 5.31. The van der Waals surface area contributed by atoms with Gasteiger partial charge in [0.15, 0.2) is 0 Å². The first-order chi connectivity index (χ1) is 14.1. The maximum Gasteiger partial charge on any atom is 0.407 e. The van der Waals surface area contributed by atoms with Crippen LogP contribution in [0.3, 0.4) is 0 Å². The van der Waals surface area contributed by atoms with Gasteiger partial charge in [0.1, 0.15) is 11.9 Å². The number of benzene rings is 1. The van der Waals surface area contributed by atoms with Gasteiger partial charge in [-0.2, -0.15) is 0 Å². The molecular weight excluding hydrogens is 388 g/mol. The highest BCUT2D eigenvalue weighted by Crippen LogP contribution is 2.47. The number of amides is 2. The molecule has 0 spiro atoms. The summed E-state index contributed by atoms with van der Waals surface area (Å²) in [5.74, 6) is 1.91. The van der Waals surface area contributed by atoms with Crippen LogP contribution >= 0.6 is 11.8 Å². The first-order valence-electron chi connectivity index (χ1n) is 10.2. The molecule has 1 saturated carbocycles. The van der Waals surface area contributed by atoms with Crippen molar-refractivity contribution in [2.24, 2.45) is 11.3 Å². The van der Waals surface area contributed by atoms with Crippen molar-refractivity contribution in [1.82, 2.24) is 10.6 Å². The van der Waals surface area contributed by atoms with Crippen molar-refractivity contribution in [3.8, 4) is 5.75 Å². The molecule has 2 N–H and O–H groups in total. The van der Waals surface area contributed by atoms with E-state index in [1.165, 1.54) is 0 Å². The van der Waals surface area contributed by atoms with Gasteiger partial charge in [-0.25, -0.2) is 4.79 Å². The number of methoxy groups -OCH3 is 1. The Morgan fingerprint density at radius 3 is 2.62 bits per heavy atom. The minimum atomic E-state index is -0.342. The molecule has 158 valence electrons. The molecular formula is C22H30N2O4S. The molecule has 1 unspecified atom stereocenters. The Kier molecular flexibility index (Phi) is 7.47. The quantitative estimate of drug-likeness (QED) is 0.701. The van der Waals surface area contributed by atoms with Crippen LogP contribution in [0.1, 0.15) is 43.0 Å². The smallest absolute Gasteiger partial charge is 0.407 e. The van der Waals surface area contributed by atoms with Crippen LogP contribution in [0.15, 0.2) is 35.7 Å². The topological polar surface area (TPSA) is 76.7 Å². The maximum absolute atomic E-state index is 12.8. The molecule has 2 aliphatic rings. The second-order valence-corrected chi connectivity index (χ2v) is 8.59. The maximum atomic E-state index is 12.8. The lowest BCUT2D eigenvalue weighted by molar-refractivity contribution is 0.0250. The first kappa shape index (κ1) is 21.6. The summed E-state index contributed by atoms with van der Waals surface area (Å²) in [6.45, 7) is 3.05. The van der Waals surface area contributed by atoms with Crippen molar-refractivity contribution >= 4 is 23.8 Å². The number of carbonyl (C=O) groups excluding carboxylic acids is 2.